The summed E-state index contributed by atoms with van der Waals surface area (Å²) >= 11 is 7.69. The normalized spacial score (nSPS) is 10.1. The summed E-state index contributed by atoms with van der Waals surface area (Å²) in [5.41, 5.74) is 1.78. The largest absolute Gasteiger partial charge is 0.294 e. The topological polar surface area (TPSA) is 17.1 Å². The molecule has 1 aromatic carbocycles. The Labute approximate surface area is 92.1 Å². The number of hydrogen-bond donors (Lipinski definition) is 1. The van der Waals surface area contributed by atoms with E-state index in [0.717, 1.165) is 21.4 Å². The summed E-state index contributed by atoms with van der Waals surface area (Å²) in [4.78, 5) is 12.2. The predicted molar refractivity (Wildman–Crippen MR) is 60.9 cm³/mol. The van der Waals surface area contributed by atoms with Gasteiger partial charge in [-0.3, -0.25) is 4.79 Å². The quantitative estimate of drug-likeness (QED) is 0.499. The van der Waals surface area contributed by atoms with Gasteiger partial charge >= 0.3 is 0 Å². The first kappa shape index (κ1) is 10.8. The zero-order chi connectivity index (χ0) is 9.84. The molecule has 0 aliphatic heterocycles. The second-order valence-electron chi connectivity index (χ2n) is 2.72. The molecule has 1 aromatic rings. The van der Waals surface area contributed by atoms with Crippen LogP contribution in [0.15, 0.2) is 23.1 Å². The van der Waals surface area contributed by atoms with Crippen molar-refractivity contribution in [3.8, 4) is 0 Å². The molecular weight excluding hydrogens is 248 g/mol. The van der Waals surface area contributed by atoms with Crippen molar-refractivity contribution in [2.24, 2.45) is 0 Å². The maximum absolute atomic E-state index is 11.4. The van der Waals surface area contributed by atoms with Crippen molar-refractivity contribution in [1.29, 1.82) is 0 Å². The average molecular weight is 259 g/mol. The smallest absolute Gasteiger partial charge is 0.163 e. The van der Waals surface area contributed by atoms with Crippen molar-refractivity contribution >= 4 is 34.3 Å². The second-order valence-corrected chi connectivity index (χ2v) is 3.73. The van der Waals surface area contributed by atoms with Crippen LogP contribution in [0.5, 0.6) is 0 Å². The van der Waals surface area contributed by atoms with Crippen LogP contribution in [0, 0.1) is 0 Å². The van der Waals surface area contributed by atoms with Crippen LogP contribution in [0.2, 0.25) is 0 Å². The van der Waals surface area contributed by atoms with E-state index in [0.29, 0.717) is 6.42 Å². The van der Waals surface area contributed by atoms with Gasteiger partial charge in [0.25, 0.3) is 0 Å². The number of hydrogen-bond acceptors (Lipinski definition) is 2. The summed E-state index contributed by atoms with van der Waals surface area (Å²) in [6.45, 7) is 1.86. The molecule has 0 atom stereocenters. The molecule has 1 nitrogen and oxygen atoms in total. The van der Waals surface area contributed by atoms with E-state index in [9.17, 15) is 4.79 Å². The van der Waals surface area contributed by atoms with Crippen molar-refractivity contribution in [1.82, 2.24) is 0 Å². The third-order valence-electron chi connectivity index (χ3n) is 1.89. The number of halogens is 1. The molecule has 0 amide bonds. The molecule has 0 spiro atoms. The van der Waals surface area contributed by atoms with E-state index in [1.165, 1.54) is 0 Å². The Hall–Kier alpha value is -0.280. The van der Waals surface area contributed by atoms with Crippen LogP contribution in [-0.4, -0.2) is 5.78 Å². The van der Waals surface area contributed by atoms with Crippen molar-refractivity contribution < 1.29 is 4.79 Å². The Bertz CT molecular complexity index is 323. The number of benzene rings is 1. The van der Waals surface area contributed by atoms with Gasteiger partial charge in [0.2, 0.25) is 0 Å². The summed E-state index contributed by atoms with van der Waals surface area (Å²) in [5.74, 6) is 0.146. The van der Waals surface area contributed by atoms with Gasteiger partial charge in [0.1, 0.15) is 0 Å². The van der Waals surface area contributed by atoms with E-state index in [1.54, 1.807) is 0 Å². The number of rotatable bonds is 3. The minimum Gasteiger partial charge on any atom is -0.294 e. The van der Waals surface area contributed by atoms with Gasteiger partial charge in [0.05, 0.1) is 0 Å². The van der Waals surface area contributed by atoms with E-state index in [-0.39, 0.29) is 5.78 Å². The predicted octanol–water partition coefficient (Wildman–Crippen LogP) is 3.46. The van der Waals surface area contributed by atoms with Crippen molar-refractivity contribution in [3.63, 3.8) is 0 Å². The number of ketones is 1. The van der Waals surface area contributed by atoms with E-state index < -0.39 is 0 Å². The molecule has 0 aliphatic rings. The van der Waals surface area contributed by atoms with Crippen molar-refractivity contribution in [2.75, 3.05) is 0 Å². The third kappa shape index (κ3) is 2.35. The van der Waals surface area contributed by atoms with Gasteiger partial charge in [0, 0.05) is 22.2 Å². The summed E-state index contributed by atoms with van der Waals surface area (Å²) in [7, 11) is 0. The maximum atomic E-state index is 11.4. The van der Waals surface area contributed by atoms with Gasteiger partial charge in [-0.05, 0) is 5.56 Å². The minimum absolute atomic E-state index is 0.146. The lowest BCUT2D eigenvalue weighted by atomic mass is 10.1. The maximum Gasteiger partial charge on any atom is 0.163 e. The first-order valence-corrected chi connectivity index (χ1v) is 5.67. The molecule has 0 bridgehead atoms. The molecule has 0 fully saturated rings. The van der Waals surface area contributed by atoms with Gasteiger partial charge in [-0.2, -0.15) is 0 Å². The molecule has 0 radical (unpaired) electrons. The molecule has 3 heteroatoms. The molecule has 0 N–H and O–H groups in total. The van der Waals surface area contributed by atoms with Crippen molar-refractivity contribution in [3.05, 3.63) is 29.3 Å². The van der Waals surface area contributed by atoms with Crippen LogP contribution in [0.3, 0.4) is 0 Å². The molecule has 0 heterocycles. The SMILES string of the molecule is CCC(=O)c1cccc(CBr)c1S. The summed E-state index contributed by atoms with van der Waals surface area (Å²) in [5, 5.41) is 0.733. The standard InChI is InChI=1S/C10H11BrOS/c1-2-9(12)8-5-3-4-7(6-11)10(8)13/h3-5,13H,2,6H2,1H3. The molecule has 0 aromatic heterocycles. The van der Waals surface area contributed by atoms with Crippen LogP contribution in [0.25, 0.3) is 0 Å². The van der Waals surface area contributed by atoms with Gasteiger partial charge in [-0.15, -0.1) is 12.6 Å². The number of thiol groups is 1. The number of carbonyl (C=O) groups is 1. The van der Waals surface area contributed by atoms with E-state index in [1.807, 2.05) is 25.1 Å². The fraction of sp³-hybridized carbons (Fsp3) is 0.300. The Morgan fingerprint density at radius 3 is 2.77 bits per heavy atom. The highest BCUT2D eigenvalue weighted by molar-refractivity contribution is 9.08. The highest BCUT2D eigenvalue weighted by Crippen LogP contribution is 2.22. The monoisotopic (exact) mass is 258 g/mol. The Morgan fingerprint density at radius 2 is 2.23 bits per heavy atom. The summed E-state index contributed by atoms with van der Waals surface area (Å²) in [6.07, 6.45) is 0.527. The van der Waals surface area contributed by atoms with Crippen LogP contribution < -0.4 is 0 Å². The van der Waals surface area contributed by atoms with Gasteiger partial charge in [-0.1, -0.05) is 41.1 Å². The average Bonchev–Trinajstić information content (AvgIpc) is 2.17. The molecular formula is C10H11BrOS. The lowest BCUT2D eigenvalue weighted by Gasteiger charge is -2.06. The zero-order valence-corrected chi connectivity index (χ0v) is 9.86. The summed E-state index contributed by atoms with van der Waals surface area (Å²) < 4.78 is 0. The molecule has 13 heavy (non-hydrogen) atoms. The Balaban J connectivity index is 3.15. The number of Topliss-reactive ketones (excluding diaryl/α,β-unsaturated/α-hetero) is 1. The fourth-order valence-electron chi connectivity index (χ4n) is 1.11. The highest BCUT2D eigenvalue weighted by atomic mass is 79.9. The lowest BCUT2D eigenvalue weighted by Crippen LogP contribution is -1.99. The first-order valence-electron chi connectivity index (χ1n) is 4.10. The van der Waals surface area contributed by atoms with Crippen LogP contribution in [-0.2, 0) is 5.33 Å². The first-order chi connectivity index (χ1) is 6.20. The molecule has 0 saturated carbocycles. The lowest BCUT2D eigenvalue weighted by molar-refractivity contribution is 0.0985. The van der Waals surface area contributed by atoms with E-state index in [4.69, 9.17) is 0 Å². The number of carbonyl (C=O) groups excluding carboxylic acids is 1. The molecule has 1 rings (SSSR count). The van der Waals surface area contributed by atoms with Gasteiger partial charge < -0.3 is 0 Å². The molecule has 0 aliphatic carbocycles. The zero-order valence-electron chi connectivity index (χ0n) is 7.38. The second kappa shape index (κ2) is 4.82. The van der Waals surface area contributed by atoms with E-state index in [2.05, 4.69) is 28.6 Å². The highest BCUT2D eigenvalue weighted by Gasteiger charge is 2.09. The van der Waals surface area contributed by atoms with Crippen LogP contribution in [0.1, 0.15) is 29.3 Å². The molecule has 0 unspecified atom stereocenters. The van der Waals surface area contributed by atoms with Crippen LogP contribution in [0.4, 0.5) is 0 Å². The Kier molecular flexibility index (Phi) is 4.00. The summed E-state index contributed by atoms with van der Waals surface area (Å²) in [6, 6.07) is 5.67. The van der Waals surface area contributed by atoms with Gasteiger partial charge in [0.15, 0.2) is 5.78 Å². The number of alkyl halides is 1. The molecule has 70 valence electrons. The van der Waals surface area contributed by atoms with Crippen molar-refractivity contribution in [2.45, 2.75) is 23.6 Å². The van der Waals surface area contributed by atoms with E-state index >= 15 is 0 Å². The Morgan fingerprint density at radius 1 is 1.54 bits per heavy atom. The van der Waals surface area contributed by atoms with Gasteiger partial charge in [-0.25, -0.2) is 0 Å². The fourth-order valence-corrected chi connectivity index (χ4v) is 2.15. The molecule has 0 saturated heterocycles. The minimum atomic E-state index is 0.146. The third-order valence-corrected chi connectivity index (χ3v) is 3.02. The van der Waals surface area contributed by atoms with Crippen LogP contribution >= 0.6 is 28.6 Å².